The molecule has 0 amide bonds. The maximum atomic E-state index is 13.6. The predicted octanol–water partition coefficient (Wildman–Crippen LogP) is 3.97. The van der Waals surface area contributed by atoms with Crippen molar-refractivity contribution < 1.29 is 38.3 Å². The molecule has 4 atom stereocenters. The summed E-state index contributed by atoms with van der Waals surface area (Å²) in [6.07, 6.45) is 2.26. The van der Waals surface area contributed by atoms with Crippen molar-refractivity contribution in [3.63, 3.8) is 0 Å². The number of hydrogen-bond acceptors (Lipinski definition) is 10. The minimum Gasteiger partial charge on any atom is -0.463 e. The van der Waals surface area contributed by atoms with E-state index in [2.05, 4.69) is 26.1 Å². The number of nitrogens with one attached hydrogen (secondary N) is 1. The molecule has 0 radical (unpaired) electrons. The summed E-state index contributed by atoms with van der Waals surface area (Å²) in [5.74, 6) is -2.38. The molecule has 208 valence electrons. The van der Waals surface area contributed by atoms with Gasteiger partial charge in [0.1, 0.15) is 11.7 Å². The van der Waals surface area contributed by atoms with E-state index in [9.17, 15) is 24.5 Å². The van der Waals surface area contributed by atoms with E-state index >= 15 is 0 Å². The summed E-state index contributed by atoms with van der Waals surface area (Å²) in [5, 5.41) is 13.9. The van der Waals surface area contributed by atoms with E-state index in [1.165, 1.54) is 30.5 Å². The fraction of sp³-hybridized carbons (Fsp3) is 0.593. The largest absolute Gasteiger partial charge is 0.463 e. The Labute approximate surface area is 222 Å². The van der Waals surface area contributed by atoms with Crippen LogP contribution in [0.2, 0.25) is 0 Å². The summed E-state index contributed by atoms with van der Waals surface area (Å²) in [4.78, 5) is 50.9. The molecule has 11 heteroatoms. The molecule has 3 rings (SSSR count). The number of esters is 3. The fourth-order valence-corrected chi connectivity index (χ4v) is 4.99. The first-order valence-corrected chi connectivity index (χ1v) is 13.0. The Morgan fingerprint density at radius 3 is 2.24 bits per heavy atom. The second-order valence-corrected chi connectivity index (χ2v) is 9.96. The van der Waals surface area contributed by atoms with Crippen LogP contribution in [0.4, 0.5) is 5.69 Å². The number of nitro groups is 1. The Morgan fingerprint density at radius 2 is 1.71 bits per heavy atom. The number of nitro benzene ring substituents is 1. The van der Waals surface area contributed by atoms with Crippen molar-refractivity contribution in [1.82, 2.24) is 5.32 Å². The lowest BCUT2D eigenvalue weighted by Gasteiger charge is -2.40. The van der Waals surface area contributed by atoms with E-state index in [1.54, 1.807) is 13.8 Å². The van der Waals surface area contributed by atoms with Gasteiger partial charge in [-0.05, 0) is 56.6 Å². The first-order chi connectivity index (χ1) is 18.0. The third-order valence-electron chi connectivity index (χ3n) is 7.03. The first-order valence-electron chi connectivity index (χ1n) is 13.0. The van der Waals surface area contributed by atoms with E-state index in [4.69, 9.17) is 18.9 Å². The van der Waals surface area contributed by atoms with Crippen molar-refractivity contribution in [3.05, 3.63) is 51.7 Å². The molecule has 1 aromatic carbocycles. The maximum absolute atomic E-state index is 13.6. The Bertz CT molecular complexity index is 1050. The fourth-order valence-electron chi connectivity index (χ4n) is 4.99. The molecule has 0 saturated heterocycles. The minimum atomic E-state index is -2.56. The molecular formula is C27H36N2O9. The number of hydrogen-bond donors (Lipinski definition) is 1. The molecule has 2 aliphatic rings. The predicted molar refractivity (Wildman–Crippen MR) is 135 cm³/mol. The van der Waals surface area contributed by atoms with Crippen molar-refractivity contribution in [2.24, 2.45) is 17.8 Å². The SMILES string of the molecule is CCOC(=O)C1(C(=O)OCC)OC(c2ccc([N+](=O)[O-])cc2)NC=C1C(=O)O[C@@H]1C[C@H](C)CC[C@H]1C(C)C. The van der Waals surface area contributed by atoms with Gasteiger partial charge in [0.15, 0.2) is 6.23 Å². The number of benzene rings is 1. The standard InChI is InChI=1S/C27H36N2O9/c1-6-35-25(31)27(26(32)36-7-2)21(24(30)37-22-14-17(5)8-13-20(22)16(3)4)15-28-23(38-27)18-9-11-19(12-10-18)29(33)34/h9-12,15-17,20,22-23,28H,6-8,13-14H2,1-5H3/t17-,20+,22-,23?/m1/s1. The zero-order valence-corrected chi connectivity index (χ0v) is 22.4. The van der Waals surface area contributed by atoms with E-state index in [0.717, 1.165) is 12.8 Å². The van der Waals surface area contributed by atoms with Crippen molar-refractivity contribution in [2.75, 3.05) is 13.2 Å². The normalized spacial score (nSPS) is 24.5. The van der Waals surface area contributed by atoms with Gasteiger partial charge in [-0.2, -0.15) is 0 Å². The van der Waals surface area contributed by atoms with Gasteiger partial charge in [-0.3, -0.25) is 10.1 Å². The molecule has 1 unspecified atom stereocenters. The molecule has 11 nitrogen and oxygen atoms in total. The van der Waals surface area contributed by atoms with Crippen LogP contribution in [0.3, 0.4) is 0 Å². The van der Waals surface area contributed by atoms with Gasteiger partial charge in [-0.25, -0.2) is 14.4 Å². The molecule has 1 aliphatic carbocycles. The average Bonchev–Trinajstić information content (AvgIpc) is 2.88. The highest BCUT2D eigenvalue weighted by Crippen LogP contribution is 2.39. The topological polar surface area (TPSA) is 143 Å². The van der Waals surface area contributed by atoms with Crippen LogP contribution in [0.1, 0.15) is 65.7 Å². The summed E-state index contributed by atoms with van der Waals surface area (Å²) in [5.41, 5.74) is -2.71. The zero-order valence-electron chi connectivity index (χ0n) is 22.4. The van der Waals surface area contributed by atoms with E-state index in [-0.39, 0.29) is 36.3 Å². The Kier molecular flexibility index (Phi) is 9.48. The molecule has 1 aromatic rings. The molecule has 0 spiro atoms. The molecule has 1 saturated carbocycles. The lowest BCUT2D eigenvalue weighted by Crippen LogP contribution is -2.59. The molecular weight excluding hydrogens is 496 g/mol. The highest BCUT2D eigenvalue weighted by molar-refractivity contribution is 6.15. The number of rotatable bonds is 9. The molecule has 0 aromatic heterocycles. The highest BCUT2D eigenvalue weighted by Gasteiger charge is 2.60. The van der Waals surface area contributed by atoms with Crippen LogP contribution in [0.5, 0.6) is 0 Å². The second kappa shape index (κ2) is 12.4. The molecule has 1 N–H and O–H groups in total. The summed E-state index contributed by atoms with van der Waals surface area (Å²) < 4.78 is 22.4. The Balaban J connectivity index is 2.03. The number of non-ortho nitro benzene ring substituents is 1. The van der Waals surface area contributed by atoms with Gasteiger partial charge in [0.25, 0.3) is 11.3 Å². The van der Waals surface area contributed by atoms with Crippen LogP contribution in [-0.4, -0.2) is 47.8 Å². The molecule has 38 heavy (non-hydrogen) atoms. The number of nitrogens with zero attached hydrogens (tertiary/aromatic N) is 1. The van der Waals surface area contributed by atoms with Gasteiger partial charge in [0.2, 0.25) is 0 Å². The van der Waals surface area contributed by atoms with Crippen LogP contribution in [-0.2, 0) is 33.3 Å². The number of ether oxygens (including phenoxy) is 4. The van der Waals surface area contributed by atoms with Gasteiger partial charge in [-0.15, -0.1) is 0 Å². The highest BCUT2D eigenvalue weighted by atomic mass is 16.6. The summed E-state index contributed by atoms with van der Waals surface area (Å²) in [7, 11) is 0. The van der Waals surface area contributed by atoms with Crippen molar-refractivity contribution in [1.29, 1.82) is 0 Å². The summed E-state index contributed by atoms with van der Waals surface area (Å²) in [6.45, 7) is 9.19. The van der Waals surface area contributed by atoms with E-state index in [1.807, 2.05) is 0 Å². The molecule has 1 fully saturated rings. The van der Waals surface area contributed by atoms with Crippen molar-refractivity contribution in [2.45, 2.75) is 71.8 Å². The molecule has 0 bridgehead atoms. The van der Waals surface area contributed by atoms with Crippen LogP contribution >= 0.6 is 0 Å². The van der Waals surface area contributed by atoms with E-state index < -0.39 is 40.8 Å². The monoisotopic (exact) mass is 532 g/mol. The zero-order chi connectivity index (χ0) is 28.0. The van der Waals surface area contributed by atoms with E-state index in [0.29, 0.717) is 17.9 Å². The first kappa shape index (κ1) is 29.1. The molecule has 1 aliphatic heterocycles. The quantitative estimate of drug-likeness (QED) is 0.163. The van der Waals surface area contributed by atoms with Gasteiger partial charge in [-0.1, -0.05) is 27.2 Å². The third-order valence-corrected chi connectivity index (χ3v) is 7.03. The second-order valence-electron chi connectivity index (χ2n) is 9.96. The lowest BCUT2D eigenvalue weighted by atomic mass is 9.75. The third kappa shape index (κ3) is 5.98. The van der Waals surface area contributed by atoms with Gasteiger partial charge in [0.05, 0.1) is 18.1 Å². The Hall–Kier alpha value is -3.47. The maximum Gasteiger partial charge on any atom is 0.355 e. The van der Waals surface area contributed by atoms with Crippen LogP contribution < -0.4 is 5.32 Å². The summed E-state index contributed by atoms with van der Waals surface area (Å²) >= 11 is 0. The molecule has 1 heterocycles. The van der Waals surface area contributed by atoms with Crippen molar-refractivity contribution in [3.8, 4) is 0 Å². The van der Waals surface area contributed by atoms with Crippen LogP contribution in [0.25, 0.3) is 0 Å². The van der Waals surface area contributed by atoms with Gasteiger partial charge < -0.3 is 24.3 Å². The number of carbonyl (C=O) groups excluding carboxylic acids is 3. The van der Waals surface area contributed by atoms with Crippen molar-refractivity contribution >= 4 is 23.6 Å². The lowest BCUT2D eigenvalue weighted by molar-refractivity contribution is -0.384. The average molecular weight is 533 g/mol. The minimum absolute atomic E-state index is 0.0864. The van der Waals surface area contributed by atoms with Crippen LogP contribution in [0, 0.1) is 27.9 Å². The van der Waals surface area contributed by atoms with Crippen LogP contribution in [0.15, 0.2) is 36.0 Å². The van der Waals surface area contributed by atoms with Gasteiger partial charge >= 0.3 is 17.9 Å². The Morgan fingerprint density at radius 1 is 1.11 bits per heavy atom. The smallest absolute Gasteiger partial charge is 0.355 e. The van der Waals surface area contributed by atoms with Gasteiger partial charge in [0, 0.05) is 23.9 Å². The summed E-state index contributed by atoms with van der Waals surface area (Å²) in [6, 6.07) is 5.37. The number of carbonyl (C=O) groups is 3.